The van der Waals surface area contributed by atoms with E-state index in [9.17, 15) is 0 Å². The van der Waals surface area contributed by atoms with Gasteiger partial charge in [-0.15, -0.1) is 0 Å². The molecule has 2 atom stereocenters. The van der Waals surface area contributed by atoms with Crippen LogP contribution in [0.3, 0.4) is 0 Å². The van der Waals surface area contributed by atoms with Crippen molar-refractivity contribution in [3.8, 4) is 0 Å². The van der Waals surface area contributed by atoms with Crippen LogP contribution in [-0.2, 0) is 12.0 Å². The summed E-state index contributed by atoms with van der Waals surface area (Å²) in [4.78, 5) is 2.69. The molecule has 1 N–H and O–H groups in total. The number of likely N-dealkylation sites (tertiary alicyclic amines) is 1. The van der Waals surface area contributed by atoms with Gasteiger partial charge in [-0.05, 0) is 60.5 Å². The van der Waals surface area contributed by atoms with Gasteiger partial charge >= 0.3 is 0 Å². The van der Waals surface area contributed by atoms with E-state index in [1.807, 2.05) is 0 Å². The molecule has 1 aliphatic rings. The van der Waals surface area contributed by atoms with Crippen LogP contribution in [0, 0.1) is 5.92 Å². The quantitative estimate of drug-likeness (QED) is 0.502. The third-order valence-electron chi connectivity index (χ3n) is 6.76. The minimum absolute atomic E-state index is 0.268. The first-order valence-electron chi connectivity index (χ1n) is 11.2. The second-order valence-electron chi connectivity index (χ2n) is 8.85. The predicted octanol–water partition coefficient (Wildman–Crippen LogP) is 6.48. The highest BCUT2D eigenvalue weighted by Crippen LogP contribution is 2.40. The van der Waals surface area contributed by atoms with Crippen LogP contribution in [-0.4, -0.2) is 24.5 Å². The Hall–Kier alpha value is -1.80. The van der Waals surface area contributed by atoms with Crippen LogP contribution in [0.15, 0.2) is 54.6 Å². The van der Waals surface area contributed by atoms with Crippen LogP contribution in [0.2, 0.25) is 0 Å². The monoisotopic (exact) mass is 378 g/mol. The molecule has 152 valence electrons. The van der Waals surface area contributed by atoms with Crippen LogP contribution >= 0.6 is 0 Å². The second kappa shape index (κ2) is 10.1. The minimum atomic E-state index is 0.268. The van der Waals surface area contributed by atoms with Gasteiger partial charge in [0.15, 0.2) is 0 Å². The Bertz CT molecular complexity index is 711. The number of unbranched alkanes of at least 4 members (excludes halogenated alkanes) is 3. The highest BCUT2D eigenvalue weighted by molar-refractivity contribution is 5.48. The Morgan fingerprint density at radius 1 is 1.04 bits per heavy atom. The summed E-state index contributed by atoms with van der Waals surface area (Å²) in [5.41, 5.74) is 4.31. The molecule has 0 radical (unpaired) electrons. The fraction of sp³-hybridized carbons (Fsp3) is 0.538. The van der Waals surface area contributed by atoms with Crippen molar-refractivity contribution in [2.24, 2.45) is 5.92 Å². The van der Waals surface area contributed by atoms with Crippen molar-refractivity contribution in [3.05, 3.63) is 65.7 Å². The lowest BCUT2D eigenvalue weighted by Crippen LogP contribution is -2.47. The number of rotatable bonds is 9. The number of piperidine rings is 1. The summed E-state index contributed by atoms with van der Waals surface area (Å²) in [5.74, 6) is 0.678. The number of nitrogens with one attached hydrogen (secondary N) is 1. The summed E-state index contributed by atoms with van der Waals surface area (Å²) in [6.07, 6.45) is 6.70. The Morgan fingerprint density at radius 3 is 2.61 bits per heavy atom. The topological polar surface area (TPSA) is 15.3 Å². The highest BCUT2D eigenvalue weighted by Gasteiger charge is 2.37. The molecule has 0 bridgehead atoms. The zero-order chi connectivity index (χ0) is 19.8. The Kier molecular flexibility index (Phi) is 7.56. The van der Waals surface area contributed by atoms with Gasteiger partial charge in [0.1, 0.15) is 0 Å². The average molecular weight is 379 g/mol. The number of hydrogen-bond donors (Lipinski definition) is 1. The van der Waals surface area contributed by atoms with Gasteiger partial charge in [-0.1, -0.05) is 82.5 Å². The maximum Gasteiger partial charge on any atom is 0.0400 e. The normalized spacial score (nSPS) is 22.9. The molecule has 2 heteroatoms. The summed E-state index contributed by atoms with van der Waals surface area (Å²) in [7, 11) is 0. The van der Waals surface area contributed by atoms with Gasteiger partial charge in [0.2, 0.25) is 0 Å². The van der Waals surface area contributed by atoms with Gasteiger partial charge in [0.25, 0.3) is 0 Å². The molecule has 28 heavy (non-hydrogen) atoms. The summed E-state index contributed by atoms with van der Waals surface area (Å²) >= 11 is 0. The van der Waals surface area contributed by atoms with Crippen LogP contribution in [0.4, 0.5) is 5.69 Å². The first-order chi connectivity index (χ1) is 13.6. The molecule has 0 aromatic heterocycles. The third-order valence-corrected chi connectivity index (χ3v) is 6.76. The molecule has 3 rings (SSSR count). The zero-order valence-corrected chi connectivity index (χ0v) is 18.1. The third kappa shape index (κ3) is 5.38. The van der Waals surface area contributed by atoms with Gasteiger partial charge in [0.05, 0.1) is 0 Å². The zero-order valence-electron chi connectivity index (χ0n) is 18.1. The van der Waals surface area contributed by atoms with E-state index >= 15 is 0 Å². The Labute approximate surface area is 172 Å². The largest absolute Gasteiger partial charge is 0.381 e. The van der Waals surface area contributed by atoms with Crippen molar-refractivity contribution >= 4 is 5.69 Å². The molecule has 0 amide bonds. The van der Waals surface area contributed by atoms with Crippen molar-refractivity contribution in [1.29, 1.82) is 0 Å². The fourth-order valence-corrected chi connectivity index (χ4v) is 4.50. The average Bonchev–Trinajstić information content (AvgIpc) is 2.73. The van der Waals surface area contributed by atoms with E-state index in [1.54, 1.807) is 0 Å². The number of anilines is 1. The van der Waals surface area contributed by atoms with Gasteiger partial charge in [0, 0.05) is 18.8 Å². The van der Waals surface area contributed by atoms with Crippen LogP contribution in [0.25, 0.3) is 0 Å². The summed E-state index contributed by atoms with van der Waals surface area (Å²) in [6.45, 7) is 11.8. The molecular weight excluding hydrogens is 340 g/mol. The highest BCUT2D eigenvalue weighted by atomic mass is 15.1. The molecule has 1 fully saturated rings. The van der Waals surface area contributed by atoms with E-state index in [1.165, 1.54) is 68.6 Å². The molecule has 1 aliphatic heterocycles. The summed E-state index contributed by atoms with van der Waals surface area (Å²) in [6, 6.07) is 19.8. The summed E-state index contributed by atoms with van der Waals surface area (Å²) < 4.78 is 0. The summed E-state index contributed by atoms with van der Waals surface area (Å²) in [5, 5.41) is 3.61. The second-order valence-corrected chi connectivity index (χ2v) is 8.85. The molecule has 1 heterocycles. The number of benzene rings is 2. The molecule has 2 aromatic rings. The van der Waals surface area contributed by atoms with E-state index in [4.69, 9.17) is 0 Å². The van der Waals surface area contributed by atoms with E-state index in [-0.39, 0.29) is 5.41 Å². The maximum atomic E-state index is 3.61. The lowest BCUT2D eigenvalue weighted by molar-refractivity contribution is 0.109. The lowest BCUT2D eigenvalue weighted by Gasteiger charge is -2.45. The van der Waals surface area contributed by atoms with Crippen molar-refractivity contribution in [3.63, 3.8) is 0 Å². The molecule has 0 spiro atoms. The van der Waals surface area contributed by atoms with Crippen molar-refractivity contribution in [2.45, 2.75) is 64.8 Å². The van der Waals surface area contributed by atoms with Crippen molar-refractivity contribution in [1.82, 2.24) is 4.90 Å². The number of nitrogens with zero attached hydrogens (tertiary/aromatic N) is 1. The van der Waals surface area contributed by atoms with Gasteiger partial charge < -0.3 is 10.2 Å². The minimum Gasteiger partial charge on any atom is -0.381 e. The van der Waals surface area contributed by atoms with Crippen molar-refractivity contribution in [2.75, 3.05) is 25.0 Å². The molecule has 2 nitrogen and oxygen atoms in total. The molecule has 1 saturated heterocycles. The van der Waals surface area contributed by atoms with Crippen LogP contribution in [0.1, 0.15) is 64.0 Å². The smallest absolute Gasteiger partial charge is 0.0400 e. The van der Waals surface area contributed by atoms with E-state index in [2.05, 4.69) is 85.6 Å². The Balaban J connectivity index is 1.59. The molecular formula is C26H38N2. The SMILES string of the molecule is CCCCCCN1CCC(C)(c2cccc(NCc3ccccc3)c2)C(C)C1. The number of hydrogen-bond acceptors (Lipinski definition) is 2. The van der Waals surface area contributed by atoms with E-state index in [0.717, 1.165) is 6.54 Å². The van der Waals surface area contributed by atoms with Crippen LogP contribution < -0.4 is 5.32 Å². The van der Waals surface area contributed by atoms with Gasteiger partial charge in [-0.25, -0.2) is 0 Å². The van der Waals surface area contributed by atoms with Crippen molar-refractivity contribution < 1.29 is 0 Å². The fourth-order valence-electron chi connectivity index (χ4n) is 4.50. The lowest BCUT2D eigenvalue weighted by atomic mass is 9.68. The van der Waals surface area contributed by atoms with Crippen LogP contribution in [0.5, 0.6) is 0 Å². The molecule has 2 aromatic carbocycles. The molecule has 0 saturated carbocycles. The molecule has 2 unspecified atom stereocenters. The van der Waals surface area contributed by atoms with E-state index in [0.29, 0.717) is 5.92 Å². The standard InChI is InChI=1S/C26H38N2/c1-4-5-6-10-17-28-18-16-26(3,22(2)21-28)24-14-11-15-25(19-24)27-20-23-12-8-7-9-13-23/h7-9,11-15,19,22,27H,4-6,10,16-18,20-21H2,1-3H3. The first-order valence-corrected chi connectivity index (χ1v) is 11.2. The first kappa shape index (κ1) is 20.9. The van der Waals surface area contributed by atoms with E-state index < -0.39 is 0 Å². The molecule has 0 aliphatic carbocycles. The van der Waals surface area contributed by atoms with Gasteiger partial charge in [-0.2, -0.15) is 0 Å². The van der Waals surface area contributed by atoms with Gasteiger partial charge in [-0.3, -0.25) is 0 Å². The maximum absolute atomic E-state index is 3.61. The predicted molar refractivity (Wildman–Crippen MR) is 122 cm³/mol. The Morgan fingerprint density at radius 2 is 1.86 bits per heavy atom.